The predicted octanol–water partition coefficient (Wildman–Crippen LogP) is 1.84. The number of nitrogens with zero attached hydrogens (tertiary/aromatic N) is 2. The molecule has 0 radical (unpaired) electrons. The van der Waals surface area contributed by atoms with Crippen molar-refractivity contribution in [1.82, 2.24) is 14.8 Å². The number of likely N-dealkylation sites (N-methyl/N-ethyl adjacent to an activating group) is 1. The molecule has 1 aliphatic heterocycles. The summed E-state index contributed by atoms with van der Waals surface area (Å²) in [5.74, 6) is 0.772. The Labute approximate surface area is 159 Å². The van der Waals surface area contributed by atoms with E-state index < -0.39 is 15.3 Å². The second-order valence-corrected chi connectivity index (χ2v) is 8.21. The number of sulfonamides is 1. The summed E-state index contributed by atoms with van der Waals surface area (Å²) in [6.07, 6.45) is 7.01. The third-order valence-electron chi connectivity index (χ3n) is 4.47. The predicted molar refractivity (Wildman–Crippen MR) is 103 cm³/mol. The number of benzene rings is 1. The van der Waals surface area contributed by atoms with Crippen LogP contribution in [0.15, 0.2) is 54.9 Å². The van der Waals surface area contributed by atoms with Gasteiger partial charge in [0.2, 0.25) is 10.0 Å². The molecule has 1 aromatic heterocycles. The quantitative estimate of drug-likeness (QED) is 0.778. The van der Waals surface area contributed by atoms with E-state index in [1.54, 1.807) is 43.7 Å². The van der Waals surface area contributed by atoms with Crippen LogP contribution in [-0.2, 0) is 21.4 Å². The number of rotatable bonds is 7. The van der Waals surface area contributed by atoms with Gasteiger partial charge in [0.05, 0.1) is 19.8 Å². The molecule has 2 aromatic rings. The molecule has 0 spiro atoms. The minimum atomic E-state index is -3.56. The summed E-state index contributed by atoms with van der Waals surface area (Å²) in [6, 6.07) is 10.7. The highest BCUT2D eigenvalue weighted by atomic mass is 32.2. The van der Waals surface area contributed by atoms with Gasteiger partial charge in [0.25, 0.3) is 0 Å². The molecule has 1 aliphatic rings. The van der Waals surface area contributed by atoms with Gasteiger partial charge in [0.1, 0.15) is 11.0 Å². The minimum Gasteiger partial charge on any atom is -0.497 e. The Morgan fingerprint density at radius 3 is 2.63 bits per heavy atom. The molecule has 1 aromatic carbocycles. The molecular formula is C19H23N3O4S. The van der Waals surface area contributed by atoms with Gasteiger partial charge in [-0.2, -0.15) is 5.06 Å². The summed E-state index contributed by atoms with van der Waals surface area (Å²) in [6.45, 7) is 0.333. The van der Waals surface area contributed by atoms with Crippen molar-refractivity contribution in [2.24, 2.45) is 0 Å². The molecule has 7 nitrogen and oxygen atoms in total. The number of hydrogen-bond donors (Lipinski definition) is 1. The van der Waals surface area contributed by atoms with E-state index in [2.05, 4.69) is 9.71 Å². The lowest BCUT2D eigenvalue weighted by Crippen LogP contribution is -2.42. The molecule has 1 saturated heterocycles. The highest BCUT2D eigenvalue weighted by Gasteiger charge is 2.40. The van der Waals surface area contributed by atoms with Gasteiger partial charge in [-0.3, -0.25) is 9.82 Å². The largest absolute Gasteiger partial charge is 0.497 e. The maximum atomic E-state index is 12.8. The Bertz CT molecular complexity index is 870. The topological polar surface area (TPSA) is 80.8 Å². The number of hydroxylamine groups is 2. The van der Waals surface area contributed by atoms with Crippen LogP contribution < -0.4 is 9.46 Å². The lowest BCUT2D eigenvalue weighted by atomic mass is 10.1. The van der Waals surface area contributed by atoms with Gasteiger partial charge < -0.3 is 4.74 Å². The van der Waals surface area contributed by atoms with Gasteiger partial charge in [-0.15, -0.1) is 0 Å². The van der Waals surface area contributed by atoms with E-state index in [1.807, 2.05) is 36.4 Å². The number of aromatic nitrogens is 1. The van der Waals surface area contributed by atoms with E-state index in [-0.39, 0.29) is 19.2 Å². The first-order chi connectivity index (χ1) is 13.0. The van der Waals surface area contributed by atoms with Crippen molar-refractivity contribution >= 4 is 16.1 Å². The second kappa shape index (κ2) is 8.62. The van der Waals surface area contributed by atoms with Gasteiger partial charge in [0, 0.05) is 26.0 Å². The number of nitrogens with one attached hydrogen (secondary N) is 1. The van der Waals surface area contributed by atoms with Crippen molar-refractivity contribution in [3.8, 4) is 5.75 Å². The number of methoxy groups -OCH3 is 1. The standard InChI is InChI=1S/C19H23N3O4S/c1-22-18(8-5-15-3-6-17(25-2)7-4-15)19(14-26-22)27(23,24)21-13-16-9-11-20-12-10-16/h3-12,18-19,21H,13-14H2,1-2H3/b8-5+. The Morgan fingerprint density at radius 1 is 1.26 bits per heavy atom. The molecule has 1 fully saturated rings. The first-order valence-electron chi connectivity index (χ1n) is 8.55. The van der Waals surface area contributed by atoms with Crippen molar-refractivity contribution in [2.45, 2.75) is 17.8 Å². The Hall–Kier alpha value is -2.26. The highest BCUT2D eigenvalue weighted by molar-refractivity contribution is 7.90. The average molecular weight is 389 g/mol. The van der Waals surface area contributed by atoms with Gasteiger partial charge in [0.15, 0.2) is 0 Å². The van der Waals surface area contributed by atoms with Crippen LogP contribution in [0.25, 0.3) is 6.08 Å². The molecule has 2 unspecified atom stereocenters. The number of ether oxygens (including phenoxy) is 1. The summed E-state index contributed by atoms with van der Waals surface area (Å²) in [5.41, 5.74) is 1.81. The molecule has 0 saturated carbocycles. The monoisotopic (exact) mass is 389 g/mol. The summed E-state index contributed by atoms with van der Waals surface area (Å²) in [7, 11) is -0.211. The van der Waals surface area contributed by atoms with Crippen LogP contribution in [0.3, 0.4) is 0 Å². The molecule has 27 heavy (non-hydrogen) atoms. The van der Waals surface area contributed by atoms with Gasteiger partial charge in [-0.1, -0.05) is 24.3 Å². The Kier molecular flexibility index (Phi) is 6.22. The zero-order valence-electron chi connectivity index (χ0n) is 15.3. The summed E-state index contributed by atoms with van der Waals surface area (Å²) in [5, 5.41) is 0.884. The highest BCUT2D eigenvalue weighted by Crippen LogP contribution is 2.22. The van der Waals surface area contributed by atoms with E-state index in [0.29, 0.717) is 0 Å². The van der Waals surface area contributed by atoms with Crippen LogP contribution in [0.2, 0.25) is 0 Å². The number of hydrogen-bond acceptors (Lipinski definition) is 6. The second-order valence-electron chi connectivity index (χ2n) is 6.22. The van der Waals surface area contributed by atoms with Crippen LogP contribution in [0.1, 0.15) is 11.1 Å². The lowest BCUT2D eigenvalue weighted by molar-refractivity contribution is -0.100. The normalized spacial score (nSPS) is 21.0. The van der Waals surface area contributed by atoms with Crippen molar-refractivity contribution in [3.05, 3.63) is 66.0 Å². The lowest BCUT2D eigenvalue weighted by Gasteiger charge is -2.19. The molecular weight excluding hydrogens is 366 g/mol. The average Bonchev–Trinajstić information content (AvgIpc) is 3.07. The van der Waals surface area contributed by atoms with E-state index >= 15 is 0 Å². The molecule has 1 N–H and O–H groups in total. The van der Waals surface area contributed by atoms with Crippen molar-refractivity contribution in [1.29, 1.82) is 0 Å². The molecule has 2 heterocycles. The molecule has 0 bridgehead atoms. The first kappa shape index (κ1) is 19.5. The molecule has 8 heteroatoms. The fourth-order valence-electron chi connectivity index (χ4n) is 2.84. The molecule has 3 rings (SSSR count). The van der Waals surface area contributed by atoms with Gasteiger partial charge in [-0.05, 0) is 35.4 Å². The smallest absolute Gasteiger partial charge is 0.219 e. The van der Waals surface area contributed by atoms with Crippen LogP contribution in [-0.4, -0.2) is 50.5 Å². The van der Waals surface area contributed by atoms with Gasteiger partial charge >= 0.3 is 0 Å². The third-order valence-corrected chi connectivity index (χ3v) is 6.23. The van der Waals surface area contributed by atoms with Crippen LogP contribution in [0, 0.1) is 0 Å². The molecule has 144 valence electrons. The van der Waals surface area contributed by atoms with Crippen molar-refractivity contribution in [3.63, 3.8) is 0 Å². The molecule has 0 amide bonds. The SMILES string of the molecule is COc1ccc(/C=C/C2C(S(=O)(=O)NCc3ccncc3)CON2C)cc1. The van der Waals surface area contributed by atoms with Crippen LogP contribution in [0.5, 0.6) is 5.75 Å². The van der Waals surface area contributed by atoms with Crippen LogP contribution in [0.4, 0.5) is 0 Å². The maximum absolute atomic E-state index is 12.8. The summed E-state index contributed by atoms with van der Waals surface area (Å²) in [4.78, 5) is 9.41. The summed E-state index contributed by atoms with van der Waals surface area (Å²) >= 11 is 0. The van der Waals surface area contributed by atoms with Crippen LogP contribution >= 0.6 is 0 Å². The molecule has 0 aliphatic carbocycles. The third kappa shape index (κ3) is 4.92. The summed E-state index contributed by atoms with van der Waals surface area (Å²) < 4.78 is 33.4. The van der Waals surface area contributed by atoms with E-state index in [1.165, 1.54) is 0 Å². The molecule has 2 atom stereocenters. The Morgan fingerprint density at radius 2 is 1.96 bits per heavy atom. The zero-order chi connectivity index (χ0) is 19.3. The minimum absolute atomic E-state index is 0.111. The van der Waals surface area contributed by atoms with Gasteiger partial charge in [-0.25, -0.2) is 13.1 Å². The number of pyridine rings is 1. The first-order valence-corrected chi connectivity index (χ1v) is 10.1. The fourth-order valence-corrected chi connectivity index (χ4v) is 4.30. The zero-order valence-corrected chi connectivity index (χ0v) is 16.1. The maximum Gasteiger partial charge on any atom is 0.219 e. The van der Waals surface area contributed by atoms with Crippen molar-refractivity contribution < 1.29 is 18.0 Å². The van der Waals surface area contributed by atoms with E-state index in [4.69, 9.17) is 9.57 Å². The Balaban J connectivity index is 1.70. The van der Waals surface area contributed by atoms with E-state index in [9.17, 15) is 8.42 Å². The fraction of sp³-hybridized carbons (Fsp3) is 0.316. The van der Waals surface area contributed by atoms with Crippen molar-refractivity contribution in [2.75, 3.05) is 20.8 Å². The van der Waals surface area contributed by atoms with E-state index in [0.717, 1.165) is 16.9 Å².